The molecule has 0 aliphatic carbocycles. The molecule has 21 heavy (non-hydrogen) atoms. The van der Waals surface area contributed by atoms with Gasteiger partial charge in [-0.1, -0.05) is 24.3 Å². The van der Waals surface area contributed by atoms with Crippen LogP contribution in [0.15, 0.2) is 42.5 Å². The molecule has 0 atom stereocenters. The Labute approximate surface area is 124 Å². The number of fused-ring (bicyclic) bond motifs is 1. The smallest absolute Gasteiger partial charge is 0.248 e. The van der Waals surface area contributed by atoms with Gasteiger partial charge >= 0.3 is 0 Å². The van der Waals surface area contributed by atoms with E-state index in [4.69, 9.17) is 11.5 Å². The van der Waals surface area contributed by atoms with Crippen LogP contribution in [0.5, 0.6) is 0 Å². The number of nitrogens with two attached hydrogens (primary N) is 2. The Kier molecular flexibility index (Phi) is 3.52. The third-order valence-corrected chi connectivity index (χ3v) is 4.07. The Morgan fingerprint density at radius 2 is 1.62 bits per heavy atom. The SMILES string of the molecule is NC(=O)c1ccc(N2CCc3ccccc3CC2)c(N)c1. The summed E-state index contributed by atoms with van der Waals surface area (Å²) in [7, 11) is 0. The number of nitrogens with zero attached hydrogens (tertiary/aromatic N) is 1. The van der Waals surface area contributed by atoms with Crippen molar-refractivity contribution in [2.45, 2.75) is 12.8 Å². The fraction of sp³-hybridized carbons (Fsp3) is 0.235. The first-order valence-corrected chi connectivity index (χ1v) is 7.16. The molecule has 1 heterocycles. The van der Waals surface area contributed by atoms with E-state index in [1.165, 1.54) is 11.1 Å². The Bertz CT molecular complexity index is 654. The molecule has 0 saturated heterocycles. The maximum atomic E-state index is 11.2. The van der Waals surface area contributed by atoms with E-state index in [1.807, 2.05) is 6.07 Å². The van der Waals surface area contributed by atoms with Crippen LogP contribution in [-0.2, 0) is 12.8 Å². The molecule has 4 N–H and O–H groups in total. The maximum Gasteiger partial charge on any atom is 0.248 e. The fourth-order valence-corrected chi connectivity index (χ4v) is 2.90. The van der Waals surface area contributed by atoms with E-state index in [0.29, 0.717) is 11.3 Å². The molecule has 0 unspecified atom stereocenters. The second kappa shape index (κ2) is 5.48. The van der Waals surface area contributed by atoms with Gasteiger partial charge in [-0.15, -0.1) is 0 Å². The van der Waals surface area contributed by atoms with Gasteiger partial charge in [0.15, 0.2) is 0 Å². The summed E-state index contributed by atoms with van der Waals surface area (Å²) in [6, 6.07) is 13.9. The van der Waals surface area contributed by atoms with Crippen molar-refractivity contribution >= 4 is 17.3 Å². The summed E-state index contributed by atoms with van der Waals surface area (Å²) in [6.07, 6.45) is 2.01. The lowest BCUT2D eigenvalue weighted by atomic mass is 10.0. The van der Waals surface area contributed by atoms with Crippen molar-refractivity contribution in [2.24, 2.45) is 5.73 Å². The van der Waals surface area contributed by atoms with Crippen molar-refractivity contribution in [2.75, 3.05) is 23.7 Å². The van der Waals surface area contributed by atoms with Crippen molar-refractivity contribution < 1.29 is 4.79 Å². The van der Waals surface area contributed by atoms with Gasteiger partial charge in [-0.25, -0.2) is 0 Å². The summed E-state index contributed by atoms with van der Waals surface area (Å²) < 4.78 is 0. The van der Waals surface area contributed by atoms with Crippen molar-refractivity contribution in [3.8, 4) is 0 Å². The molecule has 0 aromatic heterocycles. The van der Waals surface area contributed by atoms with Crippen LogP contribution in [0.4, 0.5) is 11.4 Å². The van der Waals surface area contributed by atoms with E-state index in [1.54, 1.807) is 12.1 Å². The van der Waals surface area contributed by atoms with E-state index >= 15 is 0 Å². The van der Waals surface area contributed by atoms with Gasteiger partial charge in [-0.3, -0.25) is 4.79 Å². The van der Waals surface area contributed by atoms with E-state index in [9.17, 15) is 4.79 Å². The van der Waals surface area contributed by atoms with Gasteiger partial charge < -0.3 is 16.4 Å². The molecular weight excluding hydrogens is 262 g/mol. The molecule has 0 bridgehead atoms. The van der Waals surface area contributed by atoms with Crippen LogP contribution >= 0.6 is 0 Å². The van der Waals surface area contributed by atoms with Gasteiger partial charge in [-0.2, -0.15) is 0 Å². The first-order valence-electron chi connectivity index (χ1n) is 7.16. The topological polar surface area (TPSA) is 72.4 Å². The number of nitrogen functional groups attached to an aromatic ring is 1. The van der Waals surface area contributed by atoms with E-state index in [2.05, 4.69) is 29.2 Å². The quantitative estimate of drug-likeness (QED) is 0.827. The predicted molar refractivity (Wildman–Crippen MR) is 85.4 cm³/mol. The second-order valence-corrected chi connectivity index (χ2v) is 5.39. The first-order chi connectivity index (χ1) is 10.1. The number of carbonyl (C=O) groups excluding carboxylic acids is 1. The molecule has 2 aromatic carbocycles. The van der Waals surface area contributed by atoms with Gasteiger partial charge in [0.2, 0.25) is 5.91 Å². The number of amides is 1. The minimum Gasteiger partial charge on any atom is -0.397 e. The standard InChI is InChI=1S/C17H19N3O/c18-15-11-14(17(19)21)5-6-16(15)20-9-7-12-3-1-2-4-13(12)8-10-20/h1-6,11H,7-10,18H2,(H2,19,21). The Balaban J connectivity index is 1.84. The van der Waals surface area contributed by atoms with Crippen molar-refractivity contribution in [1.29, 1.82) is 0 Å². The summed E-state index contributed by atoms with van der Waals surface area (Å²) >= 11 is 0. The average molecular weight is 281 g/mol. The molecule has 0 fully saturated rings. The number of carbonyl (C=O) groups is 1. The molecule has 0 spiro atoms. The van der Waals surface area contributed by atoms with Crippen molar-refractivity contribution in [1.82, 2.24) is 0 Å². The first kappa shape index (κ1) is 13.5. The third-order valence-electron chi connectivity index (χ3n) is 4.07. The molecule has 3 rings (SSSR count). The summed E-state index contributed by atoms with van der Waals surface area (Å²) in [5.74, 6) is -0.448. The number of primary amides is 1. The number of rotatable bonds is 2. The molecule has 1 aliphatic heterocycles. The van der Waals surface area contributed by atoms with Crippen LogP contribution in [0.3, 0.4) is 0 Å². The minimum atomic E-state index is -0.448. The van der Waals surface area contributed by atoms with Crippen LogP contribution in [0.2, 0.25) is 0 Å². The van der Waals surface area contributed by atoms with Gasteiger partial charge in [0, 0.05) is 18.7 Å². The Morgan fingerprint density at radius 3 is 2.14 bits per heavy atom. The van der Waals surface area contributed by atoms with Crippen LogP contribution < -0.4 is 16.4 Å². The molecule has 2 aromatic rings. The highest BCUT2D eigenvalue weighted by Crippen LogP contribution is 2.27. The summed E-state index contributed by atoms with van der Waals surface area (Å²) in [6.45, 7) is 1.86. The lowest BCUT2D eigenvalue weighted by Crippen LogP contribution is -2.27. The lowest BCUT2D eigenvalue weighted by molar-refractivity contribution is 0.100. The van der Waals surface area contributed by atoms with Crippen LogP contribution in [-0.4, -0.2) is 19.0 Å². The molecular formula is C17H19N3O. The highest BCUT2D eigenvalue weighted by Gasteiger charge is 2.16. The van der Waals surface area contributed by atoms with Crippen molar-refractivity contribution in [3.63, 3.8) is 0 Å². The third kappa shape index (κ3) is 2.70. The number of benzene rings is 2. The van der Waals surface area contributed by atoms with Crippen LogP contribution in [0.25, 0.3) is 0 Å². The highest BCUT2D eigenvalue weighted by atomic mass is 16.1. The minimum absolute atomic E-state index is 0.448. The van der Waals surface area contributed by atoms with E-state index in [0.717, 1.165) is 31.6 Å². The number of anilines is 2. The van der Waals surface area contributed by atoms with Gasteiger partial charge in [0.1, 0.15) is 0 Å². The monoisotopic (exact) mass is 281 g/mol. The van der Waals surface area contributed by atoms with E-state index < -0.39 is 5.91 Å². The van der Waals surface area contributed by atoms with Crippen LogP contribution in [0, 0.1) is 0 Å². The molecule has 108 valence electrons. The lowest BCUT2D eigenvalue weighted by Gasteiger charge is -2.24. The van der Waals surface area contributed by atoms with Gasteiger partial charge in [-0.05, 0) is 42.2 Å². The Hall–Kier alpha value is -2.49. The zero-order chi connectivity index (χ0) is 14.8. The molecule has 0 saturated carbocycles. The second-order valence-electron chi connectivity index (χ2n) is 5.39. The number of hydrogen-bond acceptors (Lipinski definition) is 3. The summed E-state index contributed by atoms with van der Waals surface area (Å²) in [5.41, 5.74) is 16.2. The average Bonchev–Trinajstić information content (AvgIpc) is 2.70. The zero-order valence-corrected chi connectivity index (χ0v) is 11.9. The van der Waals surface area contributed by atoms with Gasteiger partial charge in [0.05, 0.1) is 11.4 Å². The normalized spacial score (nSPS) is 14.4. The fourth-order valence-electron chi connectivity index (χ4n) is 2.90. The highest BCUT2D eigenvalue weighted by molar-refractivity contribution is 5.94. The molecule has 1 aliphatic rings. The maximum absolute atomic E-state index is 11.2. The van der Waals surface area contributed by atoms with Gasteiger partial charge in [0.25, 0.3) is 0 Å². The van der Waals surface area contributed by atoms with Crippen LogP contribution in [0.1, 0.15) is 21.5 Å². The number of hydrogen-bond donors (Lipinski definition) is 2. The molecule has 1 amide bonds. The zero-order valence-electron chi connectivity index (χ0n) is 11.9. The summed E-state index contributed by atoms with van der Waals surface area (Å²) in [5, 5.41) is 0. The Morgan fingerprint density at radius 1 is 1.00 bits per heavy atom. The molecule has 0 radical (unpaired) electrons. The van der Waals surface area contributed by atoms with Crippen molar-refractivity contribution in [3.05, 3.63) is 59.2 Å². The largest absolute Gasteiger partial charge is 0.397 e. The molecule has 4 heteroatoms. The molecule has 4 nitrogen and oxygen atoms in total. The summed E-state index contributed by atoms with van der Waals surface area (Å²) in [4.78, 5) is 13.5. The van der Waals surface area contributed by atoms with E-state index in [-0.39, 0.29) is 0 Å². The predicted octanol–water partition coefficient (Wildman–Crippen LogP) is 1.97.